The molecule has 0 radical (unpaired) electrons. The third-order valence-electron chi connectivity index (χ3n) is 3.62. The number of carbonyl (C=O) groups excluding carboxylic acids is 1. The lowest BCUT2D eigenvalue weighted by Gasteiger charge is -2.16. The second-order valence-corrected chi connectivity index (χ2v) is 7.77. The minimum absolute atomic E-state index is 0.00208. The molecule has 1 fully saturated rings. The van der Waals surface area contributed by atoms with Gasteiger partial charge in [-0.2, -0.15) is 0 Å². The summed E-state index contributed by atoms with van der Waals surface area (Å²) in [5.74, 6) is 2.50. The highest BCUT2D eigenvalue weighted by Gasteiger charge is 2.37. The van der Waals surface area contributed by atoms with E-state index < -0.39 is 0 Å². The lowest BCUT2D eigenvalue weighted by atomic mass is 9.93. The van der Waals surface area contributed by atoms with Crippen LogP contribution in [0.1, 0.15) is 46.3 Å². The van der Waals surface area contributed by atoms with E-state index in [-0.39, 0.29) is 16.8 Å². The Morgan fingerprint density at radius 3 is 2.76 bits per heavy atom. The van der Waals surface area contributed by atoms with Crippen molar-refractivity contribution in [2.45, 2.75) is 51.3 Å². The van der Waals surface area contributed by atoms with Gasteiger partial charge in [-0.05, 0) is 12.2 Å². The van der Waals surface area contributed by atoms with Crippen molar-refractivity contribution in [2.24, 2.45) is 0 Å². The number of rotatable bonds is 5. The zero-order chi connectivity index (χ0) is 15.6. The molecule has 0 spiro atoms. The third-order valence-corrected chi connectivity index (χ3v) is 5.00. The lowest BCUT2D eigenvalue weighted by molar-refractivity contribution is 0.227. The molecular formula is C15H25N3O2S. The molecule has 2 amide bonds. The molecule has 1 aliphatic rings. The highest BCUT2D eigenvalue weighted by molar-refractivity contribution is 7.99. The maximum atomic E-state index is 12.4. The van der Waals surface area contributed by atoms with Crippen LogP contribution in [-0.2, 0) is 5.41 Å². The molecule has 1 aromatic heterocycles. The molecule has 118 valence electrons. The topological polar surface area (TPSA) is 49.6 Å². The van der Waals surface area contributed by atoms with Crippen molar-refractivity contribution in [3.63, 3.8) is 0 Å². The Hall–Kier alpha value is -1.17. The zero-order valence-electron chi connectivity index (χ0n) is 13.5. The molecule has 0 aliphatic carbocycles. The molecule has 2 rings (SSSR count). The van der Waals surface area contributed by atoms with Gasteiger partial charge in [0.2, 0.25) is 0 Å². The molecule has 0 bridgehead atoms. The Morgan fingerprint density at radius 2 is 2.19 bits per heavy atom. The first-order valence-corrected chi connectivity index (χ1v) is 8.52. The van der Waals surface area contributed by atoms with Gasteiger partial charge in [-0.3, -0.25) is 4.90 Å². The summed E-state index contributed by atoms with van der Waals surface area (Å²) in [7, 11) is 1.86. The van der Waals surface area contributed by atoms with Crippen LogP contribution in [0.15, 0.2) is 10.6 Å². The maximum Gasteiger partial charge on any atom is 0.326 e. The molecule has 1 aliphatic heterocycles. The maximum absolute atomic E-state index is 12.4. The van der Waals surface area contributed by atoms with Gasteiger partial charge in [-0.25, -0.2) is 4.79 Å². The Bertz CT molecular complexity index is 495. The fourth-order valence-corrected chi connectivity index (χ4v) is 3.43. The van der Waals surface area contributed by atoms with Crippen LogP contribution >= 0.6 is 11.8 Å². The van der Waals surface area contributed by atoms with Gasteiger partial charge in [-0.1, -0.05) is 39.3 Å². The number of likely N-dealkylation sites (N-methyl/N-ethyl adjacent to an activating group) is 1. The first kappa shape index (κ1) is 16.2. The van der Waals surface area contributed by atoms with Gasteiger partial charge in [0, 0.05) is 18.5 Å². The van der Waals surface area contributed by atoms with Crippen molar-refractivity contribution in [3.05, 3.63) is 11.8 Å². The predicted molar refractivity (Wildman–Crippen MR) is 86.9 cm³/mol. The number of anilines is 1. The number of urea groups is 1. The van der Waals surface area contributed by atoms with Crippen molar-refractivity contribution < 1.29 is 9.32 Å². The molecule has 1 atom stereocenters. The number of hydrogen-bond acceptors (Lipinski definition) is 4. The average molecular weight is 311 g/mol. The molecular weight excluding hydrogens is 286 g/mol. The van der Waals surface area contributed by atoms with Gasteiger partial charge in [0.15, 0.2) is 5.82 Å². The minimum Gasteiger partial charge on any atom is -0.359 e. The Kier molecular flexibility index (Phi) is 4.86. The number of unbranched alkanes of at least 4 members (excludes halogenated alkanes) is 1. The Balaban J connectivity index is 2.07. The van der Waals surface area contributed by atoms with E-state index in [1.54, 1.807) is 9.80 Å². The van der Waals surface area contributed by atoms with Crippen molar-refractivity contribution in [1.82, 2.24) is 10.1 Å². The predicted octanol–water partition coefficient (Wildman–Crippen LogP) is 3.70. The molecule has 2 heterocycles. The van der Waals surface area contributed by atoms with E-state index in [2.05, 4.69) is 32.9 Å². The molecule has 0 saturated carbocycles. The second-order valence-electron chi connectivity index (χ2n) is 6.48. The van der Waals surface area contributed by atoms with Crippen molar-refractivity contribution in [2.75, 3.05) is 24.2 Å². The fraction of sp³-hybridized carbons (Fsp3) is 0.733. The number of hydrogen-bond donors (Lipinski definition) is 0. The first-order chi connectivity index (χ1) is 9.84. The zero-order valence-corrected chi connectivity index (χ0v) is 14.4. The van der Waals surface area contributed by atoms with Crippen molar-refractivity contribution >= 4 is 23.6 Å². The summed E-state index contributed by atoms with van der Waals surface area (Å²) in [6.45, 7) is 9.05. The number of aromatic nitrogens is 1. The number of amides is 2. The van der Waals surface area contributed by atoms with Gasteiger partial charge in [0.25, 0.3) is 0 Å². The van der Waals surface area contributed by atoms with E-state index in [0.717, 1.165) is 11.5 Å². The first-order valence-electron chi connectivity index (χ1n) is 7.47. The largest absolute Gasteiger partial charge is 0.359 e. The highest BCUT2D eigenvalue weighted by Crippen LogP contribution is 2.31. The van der Waals surface area contributed by atoms with Crippen molar-refractivity contribution in [3.8, 4) is 0 Å². The van der Waals surface area contributed by atoms with Crippen molar-refractivity contribution in [1.29, 1.82) is 0 Å². The monoisotopic (exact) mass is 311 g/mol. The SMILES string of the molecule is CCCCSC1CN(c2cc(C(C)(C)C)on2)C(=O)N1C. The van der Waals surface area contributed by atoms with Crippen LogP contribution in [0.2, 0.25) is 0 Å². The fourth-order valence-electron chi connectivity index (χ4n) is 2.14. The van der Waals surface area contributed by atoms with Crippen LogP contribution in [0.25, 0.3) is 0 Å². The number of thioether (sulfide) groups is 1. The van der Waals surface area contributed by atoms with Crippen LogP contribution in [-0.4, -0.2) is 40.8 Å². The lowest BCUT2D eigenvalue weighted by Crippen LogP contribution is -2.30. The standard InChI is InChI=1S/C15H25N3O2S/c1-6-7-8-21-13-10-18(14(19)17(13)5)12-9-11(20-16-12)15(2,3)4/h9,13H,6-8,10H2,1-5H3. The van der Waals surface area contributed by atoms with Gasteiger partial charge in [-0.15, -0.1) is 11.8 Å². The summed E-state index contributed by atoms with van der Waals surface area (Å²) in [6.07, 6.45) is 2.36. The Morgan fingerprint density at radius 1 is 1.48 bits per heavy atom. The number of nitrogens with zero attached hydrogens (tertiary/aromatic N) is 3. The number of carbonyl (C=O) groups is 1. The molecule has 1 saturated heterocycles. The molecule has 5 nitrogen and oxygen atoms in total. The molecule has 1 aromatic rings. The van der Waals surface area contributed by atoms with Gasteiger partial charge in [0.1, 0.15) is 5.76 Å². The molecule has 21 heavy (non-hydrogen) atoms. The van der Waals surface area contributed by atoms with Gasteiger partial charge >= 0.3 is 6.03 Å². The average Bonchev–Trinajstić information content (AvgIpc) is 2.99. The smallest absolute Gasteiger partial charge is 0.326 e. The quantitative estimate of drug-likeness (QED) is 0.778. The third kappa shape index (κ3) is 3.54. The normalized spacial score (nSPS) is 19.7. The summed E-state index contributed by atoms with van der Waals surface area (Å²) < 4.78 is 5.39. The summed E-state index contributed by atoms with van der Waals surface area (Å²) in [5, 5.41) is 4.27. The van der Waals surface area contributed by atoms with E-state index in [1.807, 2.05) is 24.9 Å². The molecule has 1 unspecified atom stereocenters. The minimum atomic E-state index is -0.102. The highest BCUT2D eigenvalue weighted by atomic mass is 32.2. The van der Waals surface area contributed by atoms with Crippen LogP contribution < -0.4 is 4.90 Å². The van der Waals surface area contributed by atoms with Gasteiger partial charge in [0.05, 0.1) is 11.9 Å². The van der Waals surface area contributed by atoms with Gasteiger partial charge < -0.3 is 9.42 Å². The van der Waals surface area contributed by atoms with E-state index in [4.69, 9.17) is 4.52 Å². The molecule has 6 heteroatoms. The van der Waals surface area contributed by atoms with Crippen LogP contribution in [0.5, 0.6) is 0 Å². The molecule has 0 aromatic carbocycles. The Labute approximate surface area is 131 Å². The van der Waals surface area contributed by atoms with Crippen LogP contribution in [0.4, 0.5) is 10.6 Å². The van der Waals surface area contributed by atoms with Crippen LogP contribution in [0, 0.1) is 0 Å². The van der Waals surface area contributed by atoms with E-state index in [1.165, 1.54) is 12.8 Å². The summed E-state index contributed by atoms with van der Waals surface area (Å²) >= 11 is 1.84. The van der Waals surface area contributed by atoms with E-state index in [9.17, 15) is 4.79 Å². The molecule has 0 N–H and O–H groups in total. The van der Waals surface area contributed by atoms with E-state index in [0.29, 0.717) is 12.4 Å². The van der Waals surface area contributed by atoms with Crippen LogP contribution in [0.3, 0.4) is 0 Å². The summed E-state index contributed by atoms with van der Waals surface area (Å²) in [6, 6.07) is 1.88. The van der Waals surface area contributed by atoms with E-state index >= 15 is 0 Å². The second kappa shape index (κ2) is 6.30. The summed E-state index contributed by atoms with van der Waals surface area (Å²) in [4.78, 5) is 15.9. The summed E-state index contributed by atoms with van der Waals surface area (Å²) in [5.41, 5.74) is -0.102.